The molecule has 0 spiro atoms. The van der Waals surface area contributed by atoms with Gasteiger partial charge in [0.2, 0.25) is 5.91 Å². The van der Waals surface area contributed by atoms with Gasteiger partial charge < -0.3 is 20.1 Å². The number of rotatable bonds is 7. The summed E-state index contributed by atoms with van der Waals surface area (Å²) in [5.41, 5.74) is 3.30. The fourth-order valence-electron chi connectivity index (χ4n) is 4.40. The summed E-state index contributed by atoms with van der Waals surface area (Å²) in [5, 5.41) is 13.3. The van der Waals surface area contributed by atoms with Gasteiger partial charge in [0.15, 0.2) is 0 Å². The molecule has 30 heavy (non-hydrogen) atoms. The number of ether oxygens (including phenoxy) is 1. The fraction of sp³-hybridized carbons (Fsp3) is 0.458. The Hall–Kier alpha value is -2.41. The average molecular weight is 410 g/mol. The van der Waals surface area contributed by atoms with Crippen molar-refractivity contribution in [1.82, 2.24) is 9.80 Å². The molecule has 0 bridgehead atoms. The summed E-state index contributed by atoms with van der Waals surface area (Å²) in [6.45, 7) is 3.12. The zero-order valence-corrected chi connectivity index (χ0v) is 17.5. The molecule has 4 rings (SSSR count). The molecule has 160 valence electrons. The largest absolute Gasteiger partial charge is 0.392 e. The highest BCUT2D eigenvalue weighted by Crippen LogP contribution is 2.32. The van der Waals surface area contributed by atoms with E-state index in [1.807, 2.05) is 37.4 Å². The summed E-state index contributed by atoms with van der Waals surface area (Å²) in [4.78, 5) is 17.1. The lowest BCUT2D eigenvalue weighted by Crippen LogP contribution is -2.40. The maximum atomic E-state index is 13.1. The Morgan fingerprint density at radius 3 is 2.73 bits per heavy atom. The number of carbonyl (C=O) groups excluding carboxylic acids is 1. The third kappa shape index (κ3) is 4.83. The van der Waals surface area contributed by atoms with E-state index in [4.69, 9.17) is 4.74 Å². The van der Waals surface area contributed by atoms with Crippen molar-refractivity contribution in [1.29, 1.82) is 0 Å². The van der Waals surface area contributed by atoms with Crippen LogP contribution in [0.4, 0.5) is 5.69 Å². The molecule has 2 N–H and O–H groups in total. The van der Waals surface area contributed by atoms with Crippen molar-refractivity contribution in [2.45, 2.75) is 31.1 Å². The Balaban J connectivity index is 1.42. The first-order chi connectivity index (χ1) is 14.6. The molecule has 0 aliphatic carbocycles. The minimum absolute atomic E-state index is 0.0281. The first kappa shape index (κ1) is 20.8. The monoisotopic (exact) mass is 409 g/mol. The van der Waals surface area contributed by atoms with E-state index >= 15 is 0 Å². The molecule has 6 nitrogen and oxygen atoms in total. The Bertz CT molecular complexity index is 845. The predicted octanol–water partition coefficient (Wildman–Crippen LogP) is 2.83. The van der Waals surface area contributed by atoms with E-state index in [2.05, 4.69) is 34.5 Å². The van der Waals surface area contributed by atoms with Gasteiger partial charge in [-0.05, 0) is 24.5 Å². The number of nitrogens with zero attached hydrogens (tertiary/aromatic N) is 2. The number of fused-ring (bicyclic) bond motifs is 1. The Morgan fingerprint density at radius 2 is 1.97 bits per heavy atom. The standard InChI is InChI=1S/C24H31N3O3/c1-26(22(18-7-3-2-4-8-18)16-27-14-12-19(28)15-27)24(29)17-30-23-11-13-25-21-10-6-5-9-20(21)23/h2-10,19,22-23,25,28H,11-17H2,1H3/t19?,22-,23?/m1/s1. The van der Waals surface area contributed by atoms with Gasteiger partial charge in [0.05, 0.1) is 18.2 Å². The van der Waals surface area contributed by atoms with Crippen LogP contribution in [-0.2, 0) is 9.53 Å². The molecule has 3 atom stereocenters. The van der Waals surface area contributed by atoms with E-state index in [1.165, 1.54) is 0 Å². The van der Waals surface area contributed by atoms with Crippen LogP contribution in [0.1, 0.15) is 36.1 Å². The number of aliphatic hydroxyl groups is 1. The van der Waals surface area contributed by atoms with E-state index in [-0.39, 0.29) is 30.8 Å². The third-order valence-corrected chi connectivity index (χ3v) is 6.16. The zero-order chi connectivity index (χ0) is 20.9. The normalized spacial score (nSPS) is 22.2. The van der Waals surface area contributed by atoms with Gasteiger partial charge in [-0.1, -0.05) is 48.5 Å². The van der Waals surface area contributed by atoms with Crippen molar-refractivity contribution in [3.63, 3.8) is 0 Å². The van der Waals surface area contributed by atoms with E-state index < -0.39 is 0 Å². The van der Waals surface area contributed by atoms with Gasteiger partial charge >= 0.3 is 0 Å². The SMILES string of the molecule is CN(C(=O)COC1CCNc2ccccc21)[C@H](CN1CCC(O)C1)c1ccccc1. The minimum Gasteiger partial charge on any atom is -0.392 e. The summed E-state index contributed by atoms with van der Waals surface area (Å²) in [6.07, 6.45) is 1.30. The number of anilines is 1. The fourth-order valence-corrected chi connectivity index (χ4v) is 4.40. The van der Waals surface area contributed by atoms with Crippen LogP contribution in [0.3, 0.4) is 0 Å². The maximum Gasteiger partial charge on any atom is 0.248 e. The van der Waals surface area contributed by atoms with Gasteiger partial charge in [0.25, 0.3) is 0 Å². The number of aliphatic hydroxyl groups excluding tert-OH is 1. The smallest absolute Gasteiger partial charge is 0.248 e. The predicted molar refractivity (Wildman–Crippen MR) is 117 cm³/mol. The van der Waals surface area contributed by atoms with Crippen LogP contribution in [0, 0.1) is 0 Å². The second kappa shape index (κ2) is 9.60. The highest BCUT2D eigenvalue weighted by Gasteiger charge is 2.29. The molecule has 0 aromatic heterocycles. The number of amides is 1. The maximum absolute atomic E-state index is 13.1. The first-order valence-corrected chi connectivity index (χ1v) is 10.8. The molecule has 0 saturated carbocycles. The molecular weight excluding hydrogens is 378 g/mol. The second-order valence-electron chi connectivity index (χ2n) is 8.24. The van der Waals surface area contributed by atoms with E-state index in [1.54, 1.807) is 4.90 Å². The molecule has 2 unspecified atom stereocenters. The molecule has 2 aromatic rings. The number of para-hydroxylation sites is 1. The number of hydrogen-bond acceptors (Lipinski definition) is 5. The highest BCUT2D eigenvalue weighted by atomic mass is 16.5. The van der Waals surface area contributed by atoms with Crippen LogP contribution in [0.25, 0.3) is 0 Å². The highest BCUT2D eigenvalue weighted by molar-refractivity contribution is 5.77. The summed E-state index contributed by atoms with van der Waals surface area (Å²) in [5.74, 6) is -0.0281. The Kier molecular flexibility index (Phi) is 6.67. The van der Waals surface area contributed by atoms with Crippen molar-refractivity contribution >= 4 is 11.6 Å². The number of hydrogen-bond donors (Lipinski definition) is 2. The van der Waals surface area contributed by atoms with Crippen LogP contribution < -0.4 is 5.32 Å². The molecule has 0 radical (unpaired) electrons. The molecule has 2 aromatic carbocycles. The lowest BCUT2D eigenvalue weighted by atomic mass is 10.0. The molecule has 1 amide bonds. The Labute approximate surface area is 178 Å². The van der Waals surface area contributed by atoms with Gasteiger partial charge in [0, 0.05) is 44.5 Å². The van der Waals surface area contributed by atoms with Gasteiger partial charge in [-0.3, -0.25) is 9.69 Å². The van der Waals surface area contributed by atoms with Gasteiger partial charge in [-0.25, -0.2) is 0 Å². The summed E-state index contributed by atoms with van der Waals surface area (Å²) in [7, 11) is 1.85. The van der Waals surface area contributed by atoms with Crippen molar-refractivity contribution < 1.29 is 14.6 Å². The lowest BCUT2D eigenvalue weighted by molar-refractivity contribution is -0.139. The first-order valence-electron chi connectivity index (χ1n) is 10.8. The van der Waals surface area contributed by atoms with Gasteiger partial charge in [-0.2, -0.15) is 0 Å². The quantitative estimate of drug-likeness (QED) is 0.736. The molecule has 1 fully saturated rings. The van der Waals surface area contributed by atoms with Crippen molar-refractivity contribution in [2.24, 2.45) is 0 Å². The second-order valence-corrected chi connectivity index (χ2v) is 8.24. The van der Waals surface area contributed by atoms with E-state index in [0.29, 0.717) is 13.1 Å². The van der Waals surface area contributed by atoms with Crippen LogP contribution in [0.5, 0.6) is 0 Å². The van der Waals surface area contributed by atoms with Crippen molar-refractivity contribution in [3.8, 4) is 0 Å². The van der Waals surface area contributed by atoms with Crippen molar-refractivity contribution in [2.75, 3.05) is 45.2 Å². The molecule has 2 aliphatic heterocycles. The van der Waals surface area contributed by atoms with Crippen LogP contribution in [-0.4, -0.2) is 66.8 Å². The van der Waals surface area contributed by atoms with Crippen LogP contribution >= 0.6 is 0 Å². The number of likely N-dealkylation sites (tertiary alicyclic amines) is 1. The molecule has 2 heterocycles. The summed E-state index contributed by atoms with van der Waals surface area (Å²) in [6, 6.07) is 18.2. The number of likely N-dealkylation sites (N-methyl/N-ethyl adjacent to an activating group) is 1. The van der Waals surface area contributed by atoms with E-state index in [9.17, 15) is 9.90 Å². The number of β-amino-alcohol motifs (C(OH)–C–C–N with tert-alkyl or cyclic N) is 1. The van der Waals surface area contributed by atoms with E-state index in [0.717, 1.165) is 42.7 Å². The number of carbonyl (C=O) groups is 1. The lowest BCUT2D eigenvalue weighted by Gasteiger charge is -2.33. The van der Waals surface area contributed by atoms with Crippen molar-refractivity contribution in [3.05, 3.63) is 65.7 Å². The molecule has 6 heteroatoms. The van der Waals surface area contributed by atoms with Crippen LogP contribution in [0.2, 0.25) is 0 Å². The summed E-state index contributed by atoms with van der Waals surface area (Å²) >= 11 is 0. The molecular formula is C24H31N3O3. The van der Waals surface area contributed by atoms with Gasteiger partial charge in [-0.15, -0.1) is 0 Å². The Morgan fingerprint density at radius 1 is 1.20 bits per heavy atom. The number of nitrogens with one attached hydrogen (secondary N) is 1. The summed E-state index contributed by atoms with van der Waals surface area (Å²) < 4.78 is 6.08. The zero-order valence-electron chi connectivity index (χ0n) is 17.5. The van der Waals surface area contributed by atoms with Crippen LogP contribution in [0.15, 0.2) is 54.6 Å². The average Bonchev–Trinajstić information content (AvgIpc) is 3.20. The molecule has 2 aliphatic rings. The topological polar surface area (TPSA) is 65.0 Å². The van der Waals surface area contributed by atoms with Gasteiger partial charge in [0.1, 0.15) is 6.61 Å². The number of benzene rings is 2. The molecule has 1 saturated heterocycles. The minimum atomic E-state index is -0.272. The third-order valence-electron chi connectivity index (χ3n) is 6.16.